The quantitative estimate of drug-likeness (QED) is 0.781. The summed E-state index contributed by atoms with van der Waals surface area (Å²) in [5.41, 5.74) is 6.48. The highest BCUT2D eigenvalue weighted by atomic mass is 16.5. The van der Waals surface area contributed by atoms with E-state index in [0.717, 1.165) is 45.9 Å². The predicted octanol–water partition coefficient (Wildman–Crippen LogP) is 2.08. The van der Waals surface area contributed by atoms with Gasteiger partial charge in [0.1, 0.15) is 0 Å². The lowest BCUT2D eigenvalue weighted by Crippen LogP contribution is -2.59. The minimum absolute atomic E-state index is 0.242. The van der Waals surface area contributed by atoms with E-state index in [4.69, 9.17) is 10.5 Å². The van der Waals surface area contributed by atoms with Gasteiger partial charge in [0, 0.05) is 31.7 Å². The summed E-state index contributed by atoms with van der Waals surface area (Å²) < 4.78 is 6.04. The van der Waals surface area contributed by atoms with Gasteiger partial charge in [-0.05, 0) is 32.4 Å². The van der Waals surface area contributed by atoms with Gasteiger partial charge in [0.2, 0.25) is 0 Å². The van der Waals surface area contributed by atoms with Gasteiger partial charge in [-0.15, -0.1) is 0 Å². The van der Waals surface area contributed by atoms with Crippen LogP contribution in [-0.4, -0.2) is 67.3 Å². The monoisotopic (exact) mass is 297 g/mol. The number of hydrogen-bond donors (Lipinski definition) is 1. The normalized spacial score (nSPS) is 27.1. The van der Waals surface area contributed by atoms with Crippen LogP contribution in [0.25, 0.3) is 0 Å². The minimum Gasteiger partial charge on any atom is -0.374 e. The fraction of sp³-hybridized carbons (Fsp3) is 1.00. The largest absolute Gasteiger partial charge is 0.374 e. The molecule has 124 valence electrons. The molecular weight excluding hydrogens is 262 g/mol. The van der Waals surface area contributed by atoms with Gasteiger partial charge in [0.25, 0.3) is 0 Å². The van der Waals surface area contributed by atoms with E-state index < -0.39 is 0 Å². The Morgan fingerprint density at radius 1 is 1.24 bits per heavy atom. The molecule has 0 aromatic rings. The number of ether oxygens (including phenoxy) is 1. The molecule has 2 fully saturated rings. The molecule has 2 rings (SSSR count). The van der Waals surface area contributed by atoms with Crippen molar-refractivity contribution in [2.45, 2.75) is 64.0 Å². The lowest BCUT2D eigenvalue weighted by atomic mass is 9.80. The molecule has 21 heavy (non-hydrogen) atoms. The average molecular weight is 297 g/mol. The third-order valence-corrected chi connectivity index (χ3v) is 5.42. The van der Waals surface area contributed by atoms with Crippen LogP contribution in [0.4, 0.5) is 0 Å². The molecule has 0 bridgehead atoms. The smallest absolute Gasteiger partial charge is 0.0829 e. The maximum absolute atomic E-state index is 6.24. The second-order valence-electron chi connectivity index (χ2n) is 6.82. The Balaban J connectivity index is 2.00. The Morgan fingerprint density at radius 2 is 2.00 bits per heavy atom. The Hall–Kier alpha value is -0.160. The van der Waals surface area contributed by atoms with Crippen molar-refractivity contribution in [3.8, 4) is 0 Å². The fourth-order valence-electron chi connectivity index (χ4n) is 4.08. The maximum atomic E-state index is 6.24. The Kier molecular flexibility index (Phi) is 6.93. The molecule has 1 atom stereocenters. The molecule has 1 aliphatic heterocycles. The molecular formula is C17H35N3O. The molecule has 0 radical (unpaired) electrons. The van der Waals surface area contributed by atoms with Crippen molar-refractivity contribution in [2.75, 3.05) is 45.9 Å². The van der Waals surface area contributed by atoms with Crippen molar-refractivity contribution < 1.29 is 4.74 Å². The summed E-state index contributed by atoms with van der Waals surface area (Å²) in [4.78, 5) is 5.18. The molecule has 4 heteroatoms. The molecule has 4 nitrogen and oxygen atoms in total. The van der Waals surface area contributed by atoms with Crippen LogP contribution in [0.15, 0.2) is 0 Å². The van der Waals surface area contributed by atoms with Gasteiger partial charge in [-0.1, -0.05) is 33.1 Å². The molecule has 2 N–H and O–H groups in total. The van der Waals surface area contributed by atoms with E-state index in [1.165, 1.54) is 38.5 Å². The van der Waals surface area contributed by atoms with Crippen LogP contribution in [0.3, 0.4) is 0 Å². The number of rotatable bonds is 7. The highest BCUT2D eigenvalue weighted by Crippen LogP contribution is 2.33. The molecule has 0 amide bonds. The molecule has 0 spiro atoms. The summed E-state index contributed by atoms with van der Waals surface area (Å²) in [6.45, 7) is 11.7. The van der Waals surface area contributed by atoms with E-state index in [1.807, 2.05) is 0 Å². The standard InChI is InChI=1S/C17H35N3O/c1-3-10-20(17(15-18)8-6-5-7-9-17)14-16-13-19(4-2)11-12-21-16/h16H,3-15,18H2,1-2H3. The number of morpholine rings is 1. The van der Waals surface area contributed by atoms with Crippen LogP contribution in [0.2, 0.25) is 0 Å². The van der Waals surface area contributed by atoms with Crippen molar-refractivity contribution in [1.82, 2.24) is 9.80 Å². The number of hydrogen-bond acceptors (Lipinski definition) is 4. The number of nitrogens with two attached hydrogens (primary N) is 1. The highest BCUT2D eigenvalue weighted by molar-refractivity contribution is 4.95. The molecule has 1 saturated carbocycles. The lowest BCUT2D eigenvalue weighted by Gasteiger charge is -2.48. The van der Waals surface area contributed by atoms with Crippen molar-refractivity contribution >= 4 is 0 Å². The summed E-state index contributed by atoms with van der Waals surface area (Å²) >= 11 is 0. The second-order valence-corrected chi connectivity index (χ2v) is 6.82. The van der Waals surface area contributed by atoms with Crippen LogP contribution in [-0.2, 0) is 4.74 Å². The zero-order valence-corrected chi connectivity index (χ0v) is 14.1. The third-order valence-electron chi connectivity index (χ3n) is 5.42. The molecule has 2 aliphatic rings. The van der Waals surface area contributed by atoms with Crippen molar-refractivity contribution in [3.05, 3.63) is 0 Å². The van der Waals surface area contributed by atoms with Crippen LogP contribution >= 0.6 is 0 Å². The van der Waals surface area contributed by atoms with E-state index in [2.05, 4.69) is 23.6 Å². The van der Waals surface area contributed by atoms with Gasteiger partial charge in [-0.2, -0.15) is 0 Å². The summed E-state index contributed by atoms with van der Waals surface area (Å²) in [5.74, 6) is 0. The molecule has 1 heterocycles. The van der Waals surface area contributed by atoms with Crippen LogP contribution < -0.4 is 5.73 Å². The van der Waals surface area contributed by atoms with Crippen molar-refractivity contribution in [3.63, 3.8) is 0 Å². The molecule has 1 saturated heterocycles. The topological polar surface area (TPSA) is 41.7 Å². The van der Waals surface area contributed by atoms with Crippen LogP contribution in [0.1, 0.15) is 52.4 Å². The maximum Gasteiger partial charge on any atom is 0.0829 e. The average Bonchev–Trinajstić information content (AvgIpc) is 2.55. The zero-order chi connectivity index (χ0) is 15.1. The highest BCUT2D eigenvalue weighted by Gasteiger charge is 2.37. The SMILES string of the molecule is CCCN(CC1CN(CC)CCO1)C1(CN)CCCCC1. The Bertz CT molecular complexity index is 292. The number of likely N-dealkylation sites (N-methyl/N-ethyl adjacent to an activating group) is 1. The minimum atomic E-state index is 0.242. The molecule has 0 aromatic heterocycles. The van der Waals surface area contributed by atoms with Gasteiger partial charge < -0.3 is 10.5 Å². The molecule has 0 aromatic carbocycles. The van der Waals surface area contributed by atoms with E-state index in [-0.39, 0.29) is 5.54 Å². The van der Waals surface area contributed by atoms with Gasteiger partial charge in [-0.25, -0.2) is 0 Å². The Morgan fingerprint density at radius 3 is 2.62 bits per heavy atom. The predicted molar refractivity (Wildman–Crippen MR) is 88.6 cm³/mol. The van der Waals surface area contributed by atoms with Gasteiger partial charge in [-0.3, -0.25) is 9.80 Å². The fourth-order valence-corrected chi connectivity index (χ4v) is 4.08. The van der Waals surface area contributed by atoms with Crippen molar-refractivity contribution in [2.24, 2.45) is 5.73 Å². The first-order chi connectivity index (χ1) is 10.2. The van der Waals surface area contributed by atoms with E-state index in [9.17, 15) is 0 Å². The van der Waals surface area contributed by atoms with E-state index >= 15 is 0 Å². The van der Waals surface area contributed by atoms with E-state index in [1.54, 1.807) is 0 Å². The Labute approximate surface area is 131 Å². The summed E-state index contributed by atoms with van der Waals surface area (Å²) in [6.07, 6.45) is 8.16. The lowest BCUT2D eigenvalue weighted by molar-refractivity contribution is -0.0637. The first-order valence-electron chi connectivity index (χ1n) is 9.03. The van der Waals surface area contributed by atoms with Gasteiger partial charge >= 0.3 is 0 Å². The molecule has 1 unspecified atom stereocenters. The third kappa shape index (κ3) is 4.41. The van der Waals surface area contributed by atoms with Gasteiger partial charge in [0.15, 0.2) is 0 Å². The van der Waals surface area contributed by atoms with Crippen molar-refractivity contribution in [1.29, 1.82) is 0 Å². The van der Waals surface area contributed by atoms with E-state index in [0.29, 0.717) is 6.10 Å². The van der Waals surface area contributed by atoms with Crippen LogP contribution in [0, 0.1) is 0 Å². The second kappa shape index (κ2) is 8.47. The summed E-state index contributed by atoms with van der Waals surface area (Å²) in [5, 5.41) is 0. The van der Waals surface area contributed by atoms with Gasteiger partial charge in [0.05, 0.1) is 12.7 Å². The molecule has 1 aliphatic carbocycles. The first kappa shape index (κ1) is 17.2. The summed E-state index contributed by atoms with van der Waals surface area (Å²) in [7, 11) is 0. The van der Waals surface area contributed by atoms with Crippen LogP contribution in [0.5, 0.6) is 0 Å². The number of nitrogens with zero attached hydrogens (tertiary/aromatic N) is 2. The zero-order valence-electron chi connectivity index (χ0n) is 14.1. The first-order valence-corrected chi connectivity index (χ1v) is 9.03. The summed E-state index contributed by atoms with van der Waals surface area (Å²) in [6, 6.07) is 0.